The van der Waals surface area contributed by atoms with E-state index in [9.17, 15) is 0 Å². The zero-order valence-electron chi connectivity index (χ0n) is 39.9. The van der Waals surface area contributed by atoms with Crippen LogP contribution in [0.3, 0.4) is 0 Å². The summed E-state index contributed by atoms with van der Waals surface area (Å²) in [5, 5.41) is 0. The summed E-state index contributed by atoms with van der Waals surface area (Å²) in [5.74, 6) is 2.84. The van der Waals surface area contributed by atoms with Gasteiger partial charge >= 0.3 is 0 Å². The minimum absolute atomic E-state index is 0.494. The Bertz CT molecular complexity index is 3730. The van der Waals surface area contributed by atoms with E-state index >= 15 is 0 Å². The Kier molecular flexibility index (Phi) is 11.3. The summed E-state index contributed by atoms with van der Waals surface area (Å²) in [6.45, 7) is 0. The van der Waals surface area contributed by atoms with Crippen LogP contribution in [0.4, 0.5) is 34.4 Å². The maximum atomic E-state index is 5.46. The fourth-order valence-electron chi connectivity index (χ4n) is 9.54. The number of anilines is 6. The molecule has 0 amide bonds. The SMILES string of the molecule is c1ccc(-c2cc(-c3ccccc3)nc(-c3ccc(N4c5ccccc5N(c5nc(-c6ccccc6)nc(-c6ccccc6)n5)c5ccccc54)c(-c4cc(-c5ccccc5)nc(-c5ccccc5)n4)c3)n2)cc1. The van der Waals surface area contributed by atoms with Crippen LogP contribution in [0, 0.1) is 0 Å². The molecular formula is C65H43N9. The normalized spacial score (nSPS) is 11.7. The lowest BCUT2D eigenvalue weighted by Crippen LogP contribution is -2.26. The number of aromatic nitrogens is 7. The molecule has 12 aromatic rings. The third kappa shape index (κ3) is 8.40. The van der Waals surface area contributed by atoms with Crippen LogP contribution < -0.4 is 9.80 Å². The van der Waals surface area contributed by atoms with Crippen LogP contribution in [0.25, 0.3) is 90.6 Å². The molecule has 1 aliphatic heterocycles. The van der Waals surface area contributed by atoms with Gasteiger partial charge in [-0.2, -0.15) is 9.97 Å². The number of para-hydroxylation sites is 4. The molecule has 0 bridgehead atoms. The lowest BCUT2D eigenvalue weighted by atomic mass is 9.98. The maximum absolute atomic E-state index is 5.46. The van der Waals surface area contributed by atoms with Crippen LogP contribution in [0.15, 0.2) is 261 Å². The highest BCUT2D eigenvalue weighted by Gasteiger charge is 2.34. The van der Waals surface area contributed by atoms with E-state index < -0.39 is 0 Å². The van der Waals surface area contributed by atoms with Gasteiger partial charge in [-0.15, -0.1) is 0 Å². The van der Waals surface area contributed by atoms with Crippen molar-refractivity contribution in [2.45, 2.75) is 0 Å². The van der Waals surface area contributed by atoms with Crippen LogP contribution in [0.5, 0.6) is 0 Å². The second-order valence-electron chi connectivity index (χ2n) is 17.8. The van der Waals surface area contributed by atoms with Crippen molar-refractivity contribution in [2.24, 2.45) is 0 Å². The summed E-state index contributed by atoms with van der Waals surface area (Å²) in [6, 6.07) is 88.6. The number of fused-ring (bicyclic) bond motifs is 2. The molecule has 0 saturated heterocycles. The monoisotopic (exact) mass is 949 g/mol. The van der Waals surface area contributed by atoms with Crippen molar-refractivity contribution < 1.29 is 0 Å². The van der Waals surface area contributed by atoms with E-state index in [0.717, 1.165) is 95.7 Å². The Hall–Kier alpha value is -10.3. The predicted octanol–water partition coefficient (Wildman–Crippen LogP) is 16.0. The molecule has 1 aliphatic rings. The molecule has 0 spiro atoms. The average molecular weight is 950 g/mol. The first-order valence-electron chi connectivity index (χ1n) is 24.5. The second kappa shape index (κ2) is 19.2. The largest absolute Gasteiger partial charge is 0.306 e. The molecule has 0 aliphatic carbocycles. The fraction of sp³-hybridized carbons (Fsp3) is 0. The highest BCUT2D eigenvalue weighted by molar-refractivity contribution is 6.03. The van der Waals surface area contributed by atoms with Crippen molar-refractivity contribution in [1.29, 1.82) is 0 Å². The Balaban J connectivity index is 1.05. The molecule has 4 heterocycles. The van der Waals surface area contributed by atoms with E-state index in [4.69, 9.17) is 34.9 Å². The predicted molar refractivity (Wildman–Crippen MR) is 297 cm³/mol. The molecular weight excluding hydrogens is 907 g/mol. The second-order valence-corrected chi connectivity index (χ2v) is 17.8. The molecule has 9 aromatic carbocycles. The smallest absolute Gasteiger partial charge is 0.238 e. The minimum Gasteiger partial charge on any atom is -0.306 e. The highest BCUT2D eigenvalue weighted by Crippen LogP contribution is 2.55. The highest BCUT2D eigenvalue weighted by atomic mass is 15.3. The van der Waals surface area contributed by atoms with E-state index in [1.165, 1.54) is 0 Å². The van der Waals surface area contributed by atoms with Crippen molar-refractivity contribution in [3.63, 3.8) is 0 Å². The van der Waals surface area contributed by atoms with Gasteiger partial charge in [-0.1, -0.05) is 206 Å². The van der Waals surface area contributed by atoms with E-state index in [-0.39, 0.29) is 0 Å². The van der Waals surface area contributed by atoms with E-state index in [2.05, 4.69) is 137 Å². The molecule has 348 valence electrons. The Morgan fingerprint density at radius 2 is 0.514 bits per heavy atom. The zero-order valence-corrected chi connectivity index (χ0v) is 39.9. The standard InChI is InChI=1S/C65H43N9/c1-7-23-44(24-8-1)52-42-53(45-25-9-2-10-26-45)68-64(67-52)50-39-40-56(51(41-50)55-43-54(46-27-11-3-12-28-46)66-61(69-55)47-29-13-4-14-30-47)73-57-35-19-21-37-59(57)74(60-38-22-20-36-58(60)73)65-71-62(48-31-15-5-16-32-48)70-63(72-65)49-33-17-6-18-34-49/h1-43H. The van der Waals surface area contributed by atoms with Gasteiger partial charge in [0.05, 0.1) is 51.2 Å². The van der Waals surface area contributed by atoms with Crippen LogP contribution >= 0.6 is 0 Å². The Morgan fingerprint density at radius 3 is 0.919 bits per heavy atom. The van der Waals surface area contributed by atoms with Crippen LogP contribution in [-0.2, 0) is 0 Å². The molecule has 13 rings (SSSR count). The van der Waals surface area contributed by atoms with Gasteiger partial charge in [0.25, 0.3) is 0 Å². The molecule has 0 atom stereocenters. The first kappa shape index (κ1) is 43.7. The van der Waals surface area contributed by atoms with Gasteiger partial charge < -0.3 is 4.90 Å². The average Bonchev–Trinajstić information content (AvgIpc) is 3.49. The number of nitrogens with zero attached hydrogens (tertiary/aromatic N) is 9. The summed E-state index contributed by atoms with van der Waals surface area (Å²) >= 11 is 0. The van der Waals surface area contributed by atoms with E-state index in [1.807, 2.05) is 133 Å². The van der Waals surface area contributed by atoms with Gasteiger partial charge in [0.1, 0.15) is 0 Å². The number of hydrogen-bond acceptors (Lipinski definition) is 9. The number of rotatable bonds is 10. The molecule has 3 aromatic heterocycles. The summed E-state index contributed by atoms with van der Waals surface area (Å²) in [4.78, 5) is 41.3. The van der Waals surface area contributed by atoms with Crippen molar-refractivity contribution in [3.8, 4) is 90.6 Å². The molecule has 0 radical (unpaired) electrons. The topological polar surface area (TPSA) is 96.7 Å². The molecule has 9 heteroatoms. The van der Waals surface area contributed by atoms with Gasteiger partial charge in [-0.3, -0.25) is 4.90 Å². The van der Waals surface area contributed by atoms with Gasteiger partial charge in [-0.25, -0.2) is 24.9 Å². The number of benzene rings is 9. The quantitative estimate of drug-likeness (QED) is 0.133. The van der Waals surface area contributed by atoms with Crippen molar-refractivity contribution in [2.75, 3.05) is 9.80 Å². The summed E-state index contributed by atoms with van der Waals surface area (Å²) < 4.78 is 0. The molecule has 0 saturated carbocycles. The third-order valence-electron chi connectivity index (χ3n) is 13.1. The zero-order chi connectivity index (χ0) is 49.2. The van der Waals surface area contributed by atoms with Gasteiger partial charge in [0, 0.05) is 44.5 Å². The molecule has 74 heavy (non-hydrogen) atoms. The van der Waals surface area contributed by atoms with Gasteiger partial charge in [0.2, 0.25) is 5.95 Å². The summed E-state index contributed by atoms with van der Waals surface area (Å²) in [7, 11) is 0. The maximum Gasteiger partial charge on any atom is 0.238 e. The Labute approximate surface area is 428 Å². The van der Waals surface area contributed by atoms with Gasteiger partial charge in [0.15, 0.2) is 23.3 Å². The molecule has 9 nitrogen and oxygen atoms in total. The minimum atomic E-state index is 0.494. The third-order valence-corrected chi connectivity index (χ3v) is 13.1. The van der Waals surface area contributed by atoms with Crippen LogP contribution in [0.2, 0.25) is 0 Å². The summed E-state index contributed by atoms with van der Waals surface area (Å²) in [6.07, 6.45) is 0. The van der Waals surface area contributed by atoms with E-state index in [0.29, 0.717) is 29.2 Å². The summed E-state index contributed by atoms with van der Waals surface area (Å²) in [5.41, 5.74) is 15.0. The van der Waals surface area contributed by atoms with Crippen molar-refractivity contribution >= 4 is 34.4 Å². The number of hydrogen-bond donors (Lipinski definition) is 0. The lowest BCUT2D eigenvalue weighted by Gasteiger charge is -2.40. The van der Waals surface area contributed by atoms with Crippen LogP contribution in [0.1, 0.15) is 0 Å². The first-order chi connectivity index (χ1) is 36.7. The van der Waals surface area contributed by atoms with E-state index in [1.54, 1.807) is 0 Å². The first-order valence-corrected chi connectivity index (χ1v) is 24.5. The fourth-order valence-corrected chi connectivity index (χ4v) is 9.54. The van der Waals surface area contributed by atoms with Crippen molar-refractivity contribution in [3.05, 3.63) is 261 Å². The van der Waals surface area contributed by atoms with Gasteiger partial charge in [-0.05, 0) is 54.6 Å². The molecule has 0 fully saturated rings. The van der Waals surface area contributed by atoms with Crippen molar-refractivity contribution in [1.82, 2.24) is 34.9 Å². The van der Waals surface area contributed by atoms with Crippen LogP contribution in [-0.4, -0.2) is 34.9 Å². The lowest BCUT2D eigenvalue weighted by molar-refractivity contribution is 1.01. The Morgan fingerprint density at radius 1 is 0.203 bits per heavy atom. The molecule has 0 unspecified atom stereocenters. The molecule has 0 N–H and O–H groups in total.